The Kier molecular flexibility index (Phi) is 5.10. The van der Waals surface area contributed by atoms with Crippen LogP contribution in [0.15, 0.2) is 48.8 Å². The highest BCUT2D eigenvalue weighted by Crippen LogP contribution is 2.27. The van der Waals surface area contributed by atoms with Crippen molar-refractivity contribution in [3.8, 4) is 5.75 Å². The molecule has 0 radical (unpaired) electrons. The normalized spacial score (nSPS) is 14.9. The molecule has 0 aliphatic carbocycles. The van der Waals surface area contributed by atoms with Gasteiger partial charge in [0.1, 0.15) is 17.9 Å². The summed E-state index contributed by atoms with van der Waals surface area (Å²) in [6.07, 6.45) is 3.94. The zero-order valence-corrected chi connectivity index (χ0v) is 16.2. The zero-order chi connectivity index (χ0) is 19.5. The number of amides is 1. The van der Waals surface area contributed by atoms with Gasteiger partial charge in [-0.3, -0.25) is 4.79 Å². The van der Waals surface area contributed by atoms with Crippen molar-refractivity contribution in [3.05, 3.63) is 59.9 Å². The highest BCUT2D eigenvalue weighted by molar-refractivity contribution is 6.00. The van der Waals surface area contributed by atoms with E-state index in [1.165, 1.54) is 12.8 Å². The van der Waals surface area contributed by atoms with Crippen LogP contribution in [0, 0.1) is 0 Å². The van der Waals surface area contributed by atoms with Crippen molar-refractivity contribution < 1.29 is 9.53 Å². The first-order valence-electron chi connectivity index (χ1n) is 9.60. The number of ether oxygens (including phenoxy) is 1. The van der Waals surface area contributed by atoms with Crippen molar-refractivity contribution in [2.24, 2.45) is 0 Å². The maximum atomic E-state index is 12.8. The number of fused-ring (bicyclic) bond motifs is 1. The molecule has 1 fully saturated rings. The van der Waals surface area contributed by atoms with Gasteiger partial charge in [0.25, 0.3) is 5.91 Å². The molecule has 1 saturated heterocycles. The van der Waals surface area contributed by atoms with Gasteiger partial charge in [-0.15, -0.1) is 0 Å². The predicted molar refractivity (Wildman–Crippen MR) is 110 cm³/mol. The van der Waals surface area contributed by atoms with E-state index in [9.17, 15) is 4.79 Å². The Morgan fingerprint density at radius 1 is 1.11 bits per heavy atom. The number of rotatable bonds is 5. The molecule has 3 aromatic rings. The molecule has 1 aromatic heterocycles. The molecule has 6 nitrogen and oxygen atoms in total. The summed E-state index contributed by atoms with van der Waals surface area (Å²) >= 11 is 0. The van der Waals surface area contributed by atoms with Crippen LogP contribution < -0.4 is 15.0 Å². The molecule has 0 spiro atoms. The Morgan fingerprint density at radius 3 is 2.57 bits per heavy atom. The molecule has 1 aliphatic rings. The number of benzene rings is 2. The number of nitrogens with one attached hydrogen (secondary N) is 1. The van der Waals surface area contributed by atoms with Crippen molar-refractivity contribution in [2.45, 2.75) is 25.8 Å². The molecule has 1 aliphatic heterocycles. The molecule has 1 atom stereocenters. The maximum Gasteiger partial charge on any atom is 0.251 e. The minimum Gasteiger partial charge on any atom is -0.497 e. The van der Waals surface area contributed by atoms with Crippen LogP contribution in [0.3, 0.4) is 0 Å². The van der Waals surface area contributed by atoms with Crippen LogP contribution in [0.25, 0.3) is 10.9 Å². The Balaban J connectivity index is 1.57. The minimum atomic E-state index is -0.112. The monoisotopic (exact) mass is 376 g/mol. The third-order valence-electron chi connectivity index (χ3n) is 5.25. The SMILES string of the molecule is COc1ccc([C@@H](C)NC(=O)c2ccc3ncnc(N4CCCC4)c3c2)cc1. The van der Waals surface area contributed by atoms with Gasteiger partial charge in [0.15, 0.2) is 0 Å². The number of hydrogen-bond acceptors (Lipinski definition) is 5. The van der Waals surface area contributed by atoms with Crippen molar-refractivity contribution in [2.75, 3.05) is 25.1 Å². The molecule has 0 unspecified atom stereocenters. The number of carbonyl (C=O) groups is 1. The van der Waals surface area contributed by atoms with Crippen molar-refractivity contribution in [3.63, 3.8) is 0 Å². The Bertz CT molecular complexity index is 981. The van der Waals surface area contributed by atoms with Crippen LogP contribution in [0.4, 0.5) is 5.82 Å². The molecule has 2 heterocycles. The van der Waals surface area contributed by atoms with Gasteiger partial charge in [0.2, 0.25) is 0 Å². The zero-order valence-electron chi connectivity index (χ0n) is 16.2. The molecule has 6 heteroatoms. The maximum absolute atomic E-state index is 12.8. The molecule has 4 rings (SSSR count). The van der Waals surface area contributed by atoms with E-state index in [-0.39, 0.29) is 11.9 Å². The van der Waals surface area contributed by atoms with Gasteiger partial charge in [-0.1, -0.05) is 12.1 Å². The first kappa shape index (κ1) is 18.2. The van der Waals surface area contributed by atoms with Gasteiger partial charge in [-0.05, 0) is 55.7 Å². The van der Waals surface area contributed by atoms with Crippen LogP contribution >= 0.6 is 0 Å². The lowest BCUT2D eigenvalue weighted by Gasteiger charge is -2.18. The number of anilines is 1. The fourth-order valence-corrected chi connectivity index (χ4v) is 3.62. The summed E-state index contributed by atoms with van der Waals surface area (Å²) in [7, 11) is 1.64. The van der Waals surface area contributed by atoms with Crippen molar-refractivity contribution >= 4 is 22.6 Å². The third kappa shape index (κ3) is 3.63. The number of methoxy groups -OCH3 is 1. The van der Waals surface area contributed by atoms with Gasteiger partial charge in [0, 0.05) is 24.0 Å². The highest BCUT2D eigenvalue weighted by Gasteiger charge is 2.18. The van der Waals surface area contributed by atoms with Crippen LogP contribution in [-0.2, 0) is 0 Å². The average molecular weight is 376 g/mol. The van der Waals surface area contributed by atoms with Crippen LogP contribution in [0.2, 0.25) is 0 Å². The molecule has 1 amide bonds. The van der Waals surface area contributed by atoms with E-state index >= 15 is 0 Å². The second-order valence-corrected chi connectivity index (χ2v) is 7.09. The molecule has 0 bridgehead atoms. The van der Waals surface area contributed by atoms with E-state index < -0.39 is 0 Å². The molecular formula is C22H24N4O2. The number of nitrogens with zero attached hydrogens (tertiary/aromatic N) is 3. The lowest BCUT2D eigenvalue weighted by Crippen LogP contribution is -2.26. The highest BCUT2D eigenvalue weighted by atomic mass is 16.5. The van der Waals surface area contributed by atoms with Gasteiger partial charge in [-0.2, -0.15) is 0 Å². The average Bonchev–Trinajstić information content (AvgIpc) is 3.27. The van der Waals surface area contributed by atoms with E-state index in [2.05, 4.69) is 20.2 Å². The first-order chi connectivity index (χ1) is 13.7. The predicted octanol–water partition coefficient (Wildman–Crippen LogP) is 3.73. The third-order valence-corrected chi connectivity index (χ3v) is 5.25. The number of aromatic nitrogens is 2. The summed E-state index contributed by atoms with van der Waals surface area (Å²) in [4.78, 5) is 23.9. The van der Waals surface area contributed by atoms with Gasteiger partial charge >= 0.3 is 0 Å². The Hall–Kier alpha value is -3.15. The summed E-state index contributed by atoms with van der Waals surface area (Å²) in [5.41, 5.74) is 2.50. The first-order valence-corrected chi connectivity index (χ1v) is 9.60. The lowest BCUT2D eigenvalue weighted by molar-refractivity contribution is 0.0940. The Labute approximate surface area is 164 Å². The van der Waals surface area contributed by atoms with Crippen LogP contribution in [0.1, 0.15) is 41.7 Å². The number of carbonyl (C=O) groups excluding carboxylic acids is 1. The summed E-state index contributed by atoms with van der Waals surface area (Å²) in [6, 6.07) is 13.2. The quantitative estimate of drug-likeness (QED) is 0.735. The van der Waals surface area contributed by atoms with E-state index in [0.29, 0.717) is 5.56 Å². The standard InChI is InChI=1S/C22H24N4O2/c1-15(16-5-8-18(28-2)9-6-16)25-22(27)17-7-10-20-19(13-17)21(24-14-23-20)26-11-3-4-12-26/h5-10,13-15H,3-4,11-12H2,1-2H3,(H,25,27)/t15-/m1/s1. The van der Waals surface area contributed by atoms with Crippen LogP contribution in [0.5, 0.6) is 5.75 Å². The summed E-state index contributed by atoms with van der Waals surface area (Å²) in [5, 5.41) is 3.99. The number of hydrogen-bond donors (Lipinski definition) is 1. The van der Waals surface area contributed by atoms with Gasteiger partial charge in [0.05, 0.1) is 18.7 Å². The molecule has 2 aromatic carbocycles. The summed E-state index contributed by atoms with van der Waals surface area (Å²) in [5.74, 6) is 1.60. The fraction of sp³-hybridized carbons (Fsp3) is 0.318. The second kappa shape index (κ2) is 7.84. The van der Waals surface area contributed by atoms with Crippen LogP contribution in [-0.4, -0.2) is 36.1 Å². The lowest BCUT2D eigenvalue weighted by atomic mass is 10.1. The van der Waals surface area contributed by atoms with E-state index in [1.54, 1.807) is 13.4 Å². The van der Waals surface area contributed by atoms with E-state index in [4.69, 9.17) is 4.74 Å². The van der Waals surface area contributed by atoms with Gasteiger partial charge in [-0.25, -0.2) is 9.97 Å². The molecule has 1 N–H and O–H groups in total. The smallest absolute Gasteiger partial charge is 0.251 e. The van der Waals surface area contributed by atoms with Crippen molar-refractivity contribution in [1.82, 2.24) is 15.3 Å². The van der Waals surface area contributed by atoms with Crippen molar-refractivity contribution in [1.29, 1.82) is 0 Å². The van der Waals surface area contributed by atoms with Gasteiger partial charge < -0.3 is 15.0 Å². The Morgan fingerprint density at radius 2 is 1.86 bits per heavy atom. The summed E-state index contributed by atoms with van der Waals surface area (Å²) < 4.78 is 5.19. The van der Waals surface area contributed by atoms with E-state index in [1.807, 2.05) is 49.4 Å². The van der Waals surface area contributed by atoms with E-state index in [0.717, 1.165) is 41.1 Å². The minimum absolute atomic E-state index is 0.110. The molecule has 0 saturated carbocycles. The molecule has 144 valence electrons. The summed E-state index contributed by atoms with van der Waals surface area (Å²) in [6.45, 7) is 3.97. The largest absolute Gasteiger partial charge is 0.497 e. The molecular weight excluding hydrogens is 352 g/mol. The molecule has 28 heavy (non-hydrogen) atoms. The second-order valence-electron chi connectivity index (χ2n) is 7.09. The topological polar surface area (TPSA) is 67.3 Å². The fourth-order valence-electron chi connectivity index (χ4n) is 3.62.